The third kappa shape index (κ3) is 8.14. The van der Waals surface area contributed by atoms with Crippen LogP contribution in [0.25, 0.3) is 11.5 Å². The summed E-state index contributed by atoms with van der Waals surface area (Å²) in [6.45, 7) is 9.78. The lowest BCUT2D eigenvalue weighted by molar-refractivity contribution is -0.125. The minimum atomic E-state index is -1.48. The normalized spacial score (nSPS) is 14.0. The maximum absolute atomic E-state index is 12.9. The molecule has 2 heterocycles. The van der Waals surface area contributed by atoms with Gasteiger partial charge in [-0.1, -0.05) is 58.2 Å². The zero-order chi connectivity index (χ0) is 27.0. The highest BCUT2D eigenvalue weighted by atomic mass is 16.6. The van der Waals surface area contributed by atoms with Gasteiger partial charge in [0.25, 0.3) is 5.91 Å². The third-order valence-corrected chi connectivity index (χ3v) is 5.92. The number of rotatable bonds is 11. The molecule has 11 nitrogen and oxygen atoms in total. The van der Waals surface area contributed by atoms with E-state index in [1.807, 2.05) is 58.9 Å². The number of nitrogens with one attached hydrogen (secondary N) is 3. The molecule has 2 aromatic heterocycles. The number of hydrogen-bond donors (Lipinski definition) is 4. The fourth-order valence-electron chi connectivity index (χ4n) is 3.59. The van der Waals surface area contributed by atoms with Gasteiger partial charge in [-0.05, 0) is 30.9 Å². The van der Waals surface area contributed by atoms with Crippen LogP contribution in [-0.2, 0) is 16.0 Å². The number of unbranched alkanes of at least 4 members (excludes halogenated alkanes) is 1. The van der Waals surface area contributed by atoms with Crippen LogP contribution in [0.2, 0.25) is 0 Å². The molecular formula is C26H36N6O5. The molecule has 1 aromatic carbocycles. The standard InChI is InChI=1S/C26H36N6O5/c1-6-7-8-18(22(33)23(34)29-20-13-14-27-30-20)28-25(35)36-19(26(3,4)5)15-21-31-32-24(37-21)17-11-9-16(2)10-12-17/h9-14,18-19,22,33H,6-8,15H2,1-5H3,(H,28,35)(H2,27,29,30,34)/t18-,19+,22-/m0/s1. The first-order valence-corrected chi connectivity index (χ1v) is 12.4. The van der Waals surface area contributed by atoms with Crippen LogP contribution in [0.5, 0.6) is 0 Å². The number of H-pyrrole nitrogens is 1. The molecule has 11 heteroatoms. The smallest absolute Gasteiger partial charge is 0.407 e. The zero-order valence-corrected chi connectivity index (χ0v) is 21.9. The molecule has 0 aliphatic heterocycles. The van der Waals surface area contributed by atoms with Gasteiger partial charge in [0.15, 0.2) is 6.10 Å². The van der Waals surface area contributed by atoms with Crippen LogP contribution < -0.4 is 10.6 Å². The van der Waals surface area contributed by atoms with Crippen LogP contribution in [0, 0.1) is 12.3 Å². The molecule has 0 aliphatic carbocycles. The highest BCUT2D eigenvalue weighted by molar-refractivity contribution is 5.94. The number of anilines is 1. The SMILES string of the molecule is CCCC[C@H](NC(=O)O[C@H](Cc1nnc(-c2ccc(C)cc2)o1)C(C)(C)C)[C@H](O)C(=O)Nc1ccn[nH]1. The largest absolute Gasteiger partial charge is 0.445 e. The monoisotopic (exact) mass is 512 g/mol. The van der Waals surface area contributed by atoms with Crippen LogP contribution in [0.15, 0.2) is 40.9 Å². The molecule has 37 heavy (non-hydrogen) atoms. The Hall–Kier alpha value is -3.73. The Kier molecular flexibility index (Phi) is 9.40. The average Bonchev–Trinajstić information content (AvgIpc) is 3.53. The molecule has 0 unspecified atom stereocenters. The van der Waals surface area contributed by atoms with E-state index < -0.39 is 35.7 Å². The number of aliphatic hydroxyl groups is 1. The van der Waals surface area contributed by atoms with E-state index in [0.29, 0.717) is 30.4 Å². The fraction of sp³-hybridized carbons (Fsp3) is 0.500. The Morgan fingerprint density at radius 2 is 1.89 bits per heavy atom. The summed E-state index contributed by atoms with van der Waals surface area (Å²) in [4.78, 5) is 25.4. The van der Waals surface area contributed by atoms with Gasteiger partial charge < -0.3 is 24.9 Å². The van der Waals surface area contributed by atoms with Crippen molar-refractivity contribution in [2.45, 2.75) is 78.6 Å². The van der Waals surface area contributed by atoms with Gasteiger partial charge in [-0.3, -0.25) is 9.89 Å². The Balaban J connectivity index is 1.66. The average molecular weight is 513 g/mol. The summed E-state index contributed by atoms with van der Waals surface area (Å²) in [5.41, 5.74) is 1.47. The number of alkyl carbamates (subject to hydrolysis) is 1. The summed E-state index contributed by atoms with van der Waals surface area (Å²) in [5, 5.41) is 30.5. The number of ether oxygens (including phenoxy) is 1. The van der Waals surface area contributed by atoms with Gasteiger partial charge in [0.2, 0.25) is 11.8 Å². The molecule has 0 radical (unpaired) electrons. The van der Waals surface area contributed by atoms with Crippen molar-refractivity contribution in [3.63, 3.8) is 0 Å². The second kappa shape index (κ2) is 12.5. The van der Waals surface area contributed by atoms with Crippen LogP contribution >= 0.6 is 0 Å². The number of carbonyl (C=O) groups excluding carboxylic acids is 2. The van der Waals surface area contributed by atoms with E-state index >= 15 is 0 Å². The molecule has 0 fully saturated rings. The first-order valence-electron chi connectivity index (χ1n) is 12.4. The van der Waals surface area contributed by atoms with E-state index in [1.165, 1.54) is 6.20 Å². The maximum atomic E-state index is 12.9. The van der Waals surface area contributed by atoms with Crippen molar-refractivity contribution in [2.75, 3.05) is 5.32 Å². The van der Waals surface area contributed by atoms with Crippen molar-refractivity contribution in [3.05, 3.63) is 48.0 Å². The van der Waals surface area contributed by atoms with E-state index in [2.05, 4.69) is 31.0 Å². The highest BCUT2D eigenvalue weighted by Gasteiger charge is 2.33. The van der Waals surface area contributed by atoms with Crippen LogP contribution in [0.3, 0.4) is 0 Å². The topological polar surface area (TPSA) is 155 Å². The molecule has 3 aromatic rings. The zero-order valence-electron chi connectivity index (χ0n) is 21.9. The Bertz CT molecular complexity index is 1140. The van der Waals surface area contributed by atoms with Crippen molar-refractivity contribution in [3.8, 4) is 11.5 Å². The number of aliphatic hydroxyl groups excluding tert-OH is 1. The van der Waals surface area contributed by atoms with E-state index in [9.17, 15) is 14.7 Å². The summed E-state index contributed by atoms with van der Waals surface area (Å²) < 4.78 is 11.6. The van der Waals surface area contributed by atoms with Crippen molar-refractivity contribution in [2.24, 2.45) is 5.41 Å². The predicted octanol–water partition coefficient (Wildman–Crippen LogP) is 4.01. The van der Waals surface area contributed by atoms with Gasteiger partial charge in [0.05, 0.1) is 18.7 Å². The van der Waals surface area contributed by atoms with Crippen LogP contribution in [-0.4, -0.2) is 55.8 Å². The van der Waals surface area contributed by atoms with Crippen molar-refractivity contribution in [1.82, 2.24) is 25.7 Å². The number of aromatic amines is 1. The van der Waals surface area contributed by atoms with Gasteiger partial charge in [0, 0.05) is 11.6 Å². The minimum Gasteiger partial charge on any atom is -0.445 e. The van der Waals surface area contributed by atoms with E-state index in [4.69, 9.17) is 9.15 Å². The number of carbonyl (C=O) groups is 2. The minimum absolute atomic E-state index is 0.207. The molecule has 0 bridgehead atoms. The summed E-state index contributed by atoms with van der Waals surface area (Å²) >= 11 is 0. The Labute approximate surface area is 216 Å². The molecule has 2 amide bonds. The molecule has 200 valence electrons. The number of amides is 2. The van der Waals surface area contributed by atoms with Crippen molar-refractivity contribution in [1.29, 1.82) is 0 Å². The Morgan fingerprint density at radius 3 is 2.51 bits per heavy atom. The van der Waals surface area contributed by atoms with Crippen molar-refractivity contribution >= 4 is 17.8 Å². The van der Waals surface area contributed by atoms with Gasteiger partial charge in [-0.15, -0.1) is 10.2 Å². The molecule has 4 N–H and O–H groups in total. The molecule has 3 rings (SSSR count). The van der Waals surface area contributed by atoms with E-state index in [0.717, 1.165) is 17.5 Å². The summed E-state index contributed by atoms with van der Waals surface area (Å²) in [5.74, 6) is 0.411. The number of benzene rings is 1. The van der Waals surface area contributed by atoms with Gasteiger partial charge in [0.1, 0.15) is 11.9 Å². The molecular weight excluding hydrogens is 476 g/mol. The lowest BCUT2D eigenvalue weighted by Crippen LogP contribution is -2.50. The second-order valence-corrected chi connectivity index (χ2v) is 10.1. The first kappa shape index (κ1) is 27.9. The Morgan fingerprint density at radius 1 is 1.16 bits per heavy atom. The molecule has 0 saturated carbocycles. The van der Waals surface area contributed by atoms with Gasteiger partial charge >= 0.3 is 6.09 Å². The van der Waals surface area contributed by atoms with Crippen molar-refractivity contribution < 1.29 is 23.8 Å². The highest BCUT2D eigenvalue weighted by Crippen LogP contribution is 2.27. The maximum Gasteiger partial charge on any atom is 0.407 e. The molecule has 0 saturated heterocycles. The molecule has 0 aliphatic rings. The van der Waals surface area contributed by atoms with Crippen LogP contribution in [0.1, 0.15) is 58.4 Å². The number of nitrogens with zero attached hydrogens (tertiary/aromatic N) is 3. The second-order valence-electron chi connectivity index (χ2n) is 10.1. The predicted molar refractivity (Wildman–Crippen MR) is 138 cm³/mol. The number of aromatic nitrogens is 4. The first-order chi connectivity index (χ1) is 17.6. The van der Waals surface area contributed by atoms with Gasteiger partial charge in [-0.2, -0.15) is 5.10 Å². The summed E-state index contributed by atoms with van der Waals surface area (Å²) in [6.07, 6.45) is 0.772. The van der Waals surface area contributed by atoms with Gasteiger partial charge in [-0.25, -0.2) is 4.79 Å². The quantitative estimate of drug-likeness (QED) is 0.300. The lowest BCUT2D eigenvalue weighted by Gasteiger charge is -2.30. The summed E-state index contributed by atoms with van der Waals surface area (Å²) in [7, 11) is 0. The summed E-state index contributed by atoms with van der Waals surface area (Å²) in [6, 6.07) is 8.45. The molecule has 0 spiro atoms. The number of hydrogen-bond acceptors (Lipinski definition) is 8. The third-order valence-electron chi connectivity index (χ3n) is 5.92. The fourth-order valence-corrected chi connectivity index (χ4v) is 3.59. The number of aryl methyl sites for hydroxylation is 1. The lowest BCUT2D eigenvalue weighted by atomic mass is 9.87. The van der Waals surface area contributed by atoms with E-state index in [-0.39, 0.29) is 6.42 Å². The van der Waals surface area contributed by atoms with E-state index in [1.54, 1.807) is 6.07 Å². The molecule has 3 atom stereocenters. The van der Waals surface area contributed by atoms with Crippen LogP contribution in [0.4, 0.5) is 10.6 Å².